The number of thiophene rings is 1. The molecule has 1 fully saturated rings. The van der Waals surface area contributed by atoms with Gasteiger partial charge in [-0.1, -0.05) is 11.6 Å². The number of rotatable bonds is 4. The van der Waals surface area contributed by atoms with Gasteiger partial charge in [-0.15, -0.1) is 11.3 Å². The average Bonchev–Trinajstić information content (AvgIpc) is 3.20. The van der Waals surface area contributed by atoms with Gasteiger partial charge in [-0.2, -0.15) is 0 Å². The number of sulfonamides is 1. The predicted molar refractivity (Wildman–Crippen MR) is 112 cm³/mol. The molecule has 2 N–H and O–H groups in total. The molecule has 0 bridgehead atoms. The van der Waals surface area contributed by atoms with Crippen molar-refractivity contribution in [1.29, 1.82) is 0 Å². The van der Waals surface area contributed by atoms with Crippen molar-refractivity contribution in [3.05, 3.63) is 38.1 Å². The zero-order valence-corrected chi connectivity index (χ0v) is 18.6. The van der Waals surface area contributed by atoms with Crippen molar-refractivity contribution in [2.45, 2.75) is 16.7 Å². The lowest BCUT2D eigenvalue weighted by Crippen LogP contribution is -2.43. The summed E-state index contributed by atoms with van der Waals surface area (Å²) in [6, 6.07) is 5.42. The van der Waals surface area contributed by atoms with Gasteiger partial charge >= 0.3 is 0 Å². The maximum Gasteiger partial charge on any atom is 0.272 e. The minimum Gasteiger partial charge on any atom is -0.493 e. The minimum absolute atomic E-state index is 0.1000. The molecule has 2 aliphatic rings. The van der Waals surface area contributed by atoms with Gasteiger partial charge in [0.25, 0.3) is 10.0 Å². The van der Waals surface area contributed by atoms with Crippen LogP contribution in [0.5, 0.6) is 5.75 Å². The zero-order chi connectivity index (χ0) is 19.2. The molecule has 4 rings (SSSR count). The molecule has 1 saturated heterocycles. The summed E-state index contributed by atoms with van der Waals surface area (Å²) in [6.07, 6.45) is 0.773. The first kappa shape index (κ1) is 19.5. The van der Waals surface area contributed by atoms with Gasteiger partial charge in [0.05, 0.1) is 15.4 Å². The average molecular weight is 493 g/mol. The fraction of sp³-hybridized carbons (Fsp3) is 0.412. The van der Waals surface area contributed by atoms with Crippen LogP contribution >= 0.6 is 38.9 Å². The van der Waals surface area contributed by atoms with Crippen molar-refractivity contribution >= 4 is 54.6 Å². The third-order valence-corrected chi connectivity index (χ3v) is 9.02. The van der Waals surface area contributed by atoms with E-state index in [9.17, 15) is 8.42 Å². The normalized spacial score (nSPS) is 20.3. The lowest BCUT2D eigenvalue weighted by Gasteiger charge is -2.32. The summed E-state index contributed by atoms with van der Waals surface area (Å²) < 4.78 is 35.3. The summed E-state index contributed by atoms with van der Waals surface area (Å²) in [4.78, 5) is 2.25. The molecule has 27 heavy (non-hydrogen) atoms. The number of hydrogen-bond donors (Lipinski definition) is 2. The first-order chi connectivity index (χ1) is 12.8. The topological polar surface area (TPSA) is 70.7 Å². The van der Waals surface area contributed by atoms with Crippen LogP contribution in [0.2, 0.25) is 4.34 Å². The second kappa shape index (κ2) is 7.53. The van der Waals surface area contributed by atoms with E-state index in [1.807, 2.05) is 12.1 Å². The van der Waals surface area contributed by atoms with Gasteiger partial charge in [0.2, 0.25) is 0 Å². The van der Waals surface area contributed by atoms with Crippen molar-refractivity contribution in [2.24, 2.45) is 0 Å². The molecular formula is C17H19BrClN3O3S2. The van der Waals surface area contributed by atoms with E-state index in [0.29, 0.717) is 21.1 Å². The van der Waals surface area contributed by atoms with Gasteiger partial charge < -0.3 is 15.0 Å². The molecule has 1 atom stereocenters. The first-order valence-electron chi connectivity index (χ1n) is 8.53. The Labute approximate surface area is 176 Å². The number of halogens is 2. The van der Waals surface area contributed by atoms with Crippen LogP contribution in [0.1, 0.15) is 17.2 Å². The Morgan fingerprint density at radius 1 is 1.41 bits per heavy atom. The van der Waals surface area contributed by atoms with Crippen molar-refractivity contribution in [3.8, 4) is 5.75 Å². The molecule has 0 spiro atoms. The Morgan fingerprint density at radius 3 is 2.93 bits per heavy atom. The number of hydrogen-bond acceptors (Lipinski definition) is 6. The van der Waals surface area contributed by atoms with E-state index in [-0.39, 0.29) is 10.3 Å². The Kier molecular flexibility index (Phi) is 5.43. The second-order valence-corrected chi connectivity index (χ2v) is 11.1. The SMILES string of the molecule is CN1CCNC(c2cc(NS(=O)(=O)c3sc(Cl)cc3Br)cc3c2OCC3)C1. The van der Waals surface area contributed by atoms with E-state index in [1.54, 1.807) is 6.07 Å². The third kappa shape index (κ3) is 3.99. The van der Waals surface area contributed by atoms with Crippen LogP contribution in [0.25, 0.3) is 0 Å². The second-order valence-electron chi connectivity index (χ2n) is 6.71. The zero-order valence-electron chi connectivity index (χ0n) is 14.6. The van der Waals surface area contributed by atoms with E-state index in [2.05, 4.69) is 37.9 Å². The van der Waals surface area contributed by atoms with E-state index in [4.69, 9.17) is 16.3 Å². The van der Waals surface area contributed by atoms with E-state index >= 15 is 0 Å². The van der Waals surface area contributed by atoms with Crippen LogP contribution < -0.4 is 14.8 Å². The highest BCUT2D eigenvalue weighted by atomic mass is 79.9. The molecule has 1 aromatic carbocycles. The molecule has 6 nitrogen and oxygen atoms in total. The Balaban J connectivity index is 1.69. The van der Waals surface area contributed by atoms with Crippen LogP contribution in [0, 0.1) is 0 Å². The maximum absolute atomic E-state index is 12.8. The van der Waals surface area contributed by atoms with Gasteiger partial charge in [0, 0.05) is 43.3 Å². The standard InChI is InChI=1S/C17H19BrClN3O3S2/c1-22-4-3-20-14(9-22)12-7-11(6-10-2-5-25-16(10)12)21-27(23,24)17-13(18)8-15(19)26-17/h6-8,14,20-21H,2-5,9H2,1H3. The molecule has 146 valence electrons. The van der Waals surface area contributed by atoms with Crippen LogP contribution in [-0.4, -0.2) is 46.6 Å². The number of likely N-dealkylation sites (N-methyl/N-ethyl adjacent to an activating group) is 1. The summed E-state index contributed by atoms with van der Waals surface area (Å²) in [5.74, 6) is 0.881. The number of nitrogens with zero attached hydrogens (tertiary/aromatic N) is 1. The lowest BCUT2D eigenvalue weighted by atomic mass is 9.99. The number of anilines is 1. The highest BCUT2D eigenvalue weighted by Gasteiger charge is 2.28. The molecule has 1 aromatic heterocycles. The highest BCUT2D eigenvalue weighted by molar-refractivity contribution is 9.10. The van der Waals surface area contributed by atoms with Gasteiger partial charge in [0.1, 0.15) is 5.75 Å². The smallest absolute Gasteiger partial charge is 0.272 e. The molecule has 1 unspecified atom stereocenters. The monoisotopic (exact) mass is 491 g/mol. The van der Waals surface area contributed by atoms with Crippen LogP contribution in [0.15, 0.2) is 26.9 Å². The Bertz CT molecular complexity index is 980. The summed E-state index contributed by atoms with van der Waals surface area (Å²) in [7, 11) is -1.65. The fourth-order valence-electron chi connectivity index (χ4n) is 3.47. The van der Waals surface area contributed by atoms with Gasteiger partial charge in [-0.05, 0) is 46.7 Å². The van der Waals surface area contributed by atoms with Crippen LogP contribution in [-0.2, 0) is 16.4 Å². The number of fused-ring (bicyclic) bond motifs is 1. The number of nitrogens with one attached hydrogen (secondary N) is 2. The third-order valence-electron chi connectivity index (χ3n) is 4.69. The summed E-state index contributed by atoms with van der Waals surface area (Å²) in [6.45, 7) is 3.33. The quantitative estimate of drug-likeness (QED) is 0.684. The molecule has 2 aromatic rings. The molecular weight excluding hydrogens is 474 g/mol. The number of piperazine rings is 1. The minimum atomic E-state index is -3.73. The Morgan fingerprint density at radius 2 is 2.22 bits per heavy atom. The molecule has 0 radical (unpaired) electrons. The Hall–Kier alpha value is -0.840. The lowest BCUT2D eigenvalue weighted by molar-refractivity contribution is 0.236. The number of benzene rings is 1. The fourth-order valence-corrected chi connectivity index (χ4v) is 7.52. The predicted octanol–water partition coefficient (Wildman–Crippen LogP) is 3.48. The molecule has 10 heteroatoms. The number of ether oxygens (including phenoxy) is 1. The molecule has 3 heterocycles. The highest BCUT2D eigenvalue weighted by Crippen LogP contribution is 2.39. The molecule has 0 amide bonds. The van der Waals surface area contributed by atoms with Crippen molar-refractivity contribution in [1.82, 2.24) is 10.2 Å². The van der Waals surface area contributed by atoms with E-state index in [1.165, 1.54) is 0 Å². The van der Waals surface area contributed by atoms with Crippen molar-refractivity contribution in [2.75, 3.05) is 38.0 Å². The van der Waals surface area contributed by atoms with Crippen LogP contribution in [0.4, 0.5) is 5.69 Å². The van der Waals surface area contributed by atoms with E-state index < -0.39 is 10.0 Å². The maximum atomic E-state index is 12.8. The largest absolute Gasteiger partial charge is 0.493 e. The first-order valence-corrected chi connectivity index (χ1v) is 12.0. The summed E-state index contributed by atoms with van der Waals surface area (Å²) >= 11 is 10.3. The summed E-state index contributed by atoms with van der Waals surface area (Å²) in [5, 5.41) is 3.51. The van der Waals surface area contributed by atoms with Crippen molar-refractivity contribution in [3.63, 3.8) is 0 Å². The van der Waals surface area contributed by atoms with Gasteiger partial charge in [-0.25, -0.2) is 8.42 Å². The van der Waals surface area contributed by atoms with Crippen LogP contribution in [0.3, 0.4) is 0 Å². The molecule has 0 aliphatic carbocycles. The molecule has 2 aliphatic heterocycles. The van der Waals surface area contributed by atoms with E-state index in [0.717, 1.165) is 54.3 Å². The van der Waals surface area contributed by atoms with Gasteiger partial charge in [0.15, 0.2) is 4.21 Å². The molecule has 0 saturated carbocycles. The van der Waals surface area contributed by atoms with Gasteiger partial charge in [-0.3, -0.25) is 4.72 Å². The summed E-state index contributed by atoms with van der Waals surface area (Å²) in [5.41, 5.74) is 2.57. The van der Waals surface area contributed by atoms with Crippen molar-refractivity contribution < 1.29 is 13.2 Å².